The van der Waals surface area contributed by atoms with E-state index in [1.54, 1.807) is 0 Å². The predicted octanol–water partition coefficient (Wildman–Crippen LogP) is 6.03. The highest BCUT2D eigenvalue weighted by atomic mass is 79.9. The Kier molecular flexibility index (Phi) is 15.8. The molecule has 16 heavy (non-hydrogen) atoms. The van der Waals surface area contributed by atoms with Crippen molar-refractivity contribution in [3.63, 3.8) is 0 Å². The smallest absolute Gasteiger partial charge is 0.0894 e. The molecule has 0 aliphatic carbocycles. The third-order valence-corrected chi connectivity index (χ3v) is 3.58. The Labute approximate surface area is 110 Å². The molecule has 0 spiro atoms. The maximum absolute atomic E-state index is 11.8. The molecule has 0 aromatic carbocycles. The largest absolute Gasteiger partial charge is 0.251 e. The van der Waals surface area contributed by atoms with Crippen LogP contribution in [0.3, 0.4) is 0 Å². The lowest BCUT2D eigenvalue weighted by atomic mass is 10.1. The van der Waals surface area contributed by atoms with Crippen LogP contribution in [-0.2, 0) is 0 Å². The molecule has 0 unspecified atom stereocenters. The number of alkyl halides is 2. The molecule has 98 valence electrons. The number of hydrogen-bond donors (Lipinski definition) is 0. The predicted molar refractivity (Wildman–Crippen MR) is 75.2 cm³/mol. The summed E-state index contributed by atoms with van der Waals surface area (Å²) >= 11 is 3.46. The molecule has 0 rings (SSSR count). The Balaban J connectivity index is 2.83. The van der Waals surface area contributed by atoms with Crippen molar-refractivity contribution in [2.75, 3.05) is 12.0 Å². The summed E-state index contributed by atoms with van der Waals surface area (Å²) in [6.07, 6.45) is 15.5. The first-order chi connectivity index (χ1) is 7.91. The van der Waals surface area contributed by atoms with Crippen LogP contribution in [-0.4, -0.2) is 12.0 Å². The van der Waals surface area contributed by atoms with E-state index in [0.29, 0.717) is 0 Å². The first kappa shape index (κ1) is 16.4. The number of rotatable bonds is 13. The first-order valence-electron chi connectivity index (χ1n) is 7.03. The molecule has 0 N–H and O–H groups in total. The minimum atomic E-state index is -0.131. The van der Waals surface area contributed by atoms with Gasteiger partial charge in [0.15, 0.2) is 0 Å². The molecule has 0 aliphatic rings. The van der Waals surface area contributed by atoms with Crippen LogP contribution in [0.15, 0.2) is 0 Å². The number of halogens is 2. The van der Waals surface area contributed by atoms with E-state index >= 15 is 0 Å². The van der Waals surface area contributed by atoms with Crippen LogP contribution in [0.2, 0.25) is 0 Å². The van der Waals surface area contributed by atoms with E-state index in [9.17, 15) is 4.39 Å². The summed E-state index contributed by atoms with van der Waals surface area (Å²) in [5.41, 5.74) is 0. The zero-order chi connectivity index (χ0) is 11.9. The van der Waals surface area contributed by atoms with Gasteiger partial charge in [-0.25, -0.2) is 0 Å². The molecule has 0 aliphatic heterocycles. The lowest BCUT2D eigenvalue weighted by molar-refractivity contribution is 0.448. The van der Waals surface area contributed by atoms with Crippen molar-refractivity contribution < 1.29 is 4.39 Å². The van der Waals surface area contributed by atoms with Gasteiger partial charge in [0.25, 0.3) is 0 Å². The Hall–Kier alpha value is 0.410. The molecular weight excluding hydrogens is 267 g/mol. The fourth-order valence-electron chi connectivity index (χ4n) is 1.96. The molecule has 0 bridgehead atoms. The highest BCUT2D eigenvalue weighted by molar-refractivity contribution is 9.09. The van der Waals surface area contributed by atoms with Crippen molar-refractivity contribution in [3.05, 3.63) is 0 Å². The van der Waals surface area contributed by atoms with Crippen molar-refractivity contribution >= 4 is 15.9 Å². The first-order valence-corrected chi connectivity index (χ1v) is 8.16. The van der Waals surface area contributed by atoms with Gasteiger partial charge in [-0.3, -0.25) is 4.39 Å². The summed E-state index contributed by atoms with van der Waals surface area (Å²) < 4.78 is 11.8. The van der Waals surface area contributed by atoms with Gasteiger partial charge in [-0.1, -0.05) is 80.1 Å². The van der Waals surface area contributed by atoms with Crippen LogP contribution in [0.4, 0.5) is 4.39 Å². The van der Waals surface area contributed by atoms with Gasteiger partial charge in [-0.2, -0.15) is 0 Å². The van der Waals surface area contributed by atoms with Crippen LogP contribution >= 0.6 is 15.9 Å². The molecule has 0 aromatic heterocycles. The van der Waals surface area contributed by atoms with E-state index in [1.165, 1.54) is 64.2 Å². The average Bonchev–Trinajstić information content (AvgIpc) is 2.31. The zero-order valence-electron chi connectivity index (χ0n) is 10.7. The van der Waals surface area contributed by atoms with Crippen molar-refractivity contribution in [2.24, 2.45) is 0 Å². The van der Waals surface area contributed by atoms with Crippen molar-refractivity contribution in [1.29, 1.82) is 0 Å². The Morgan fingerprint density at radius 3 is 1.12 bits per heavy atom. The second-order valence-corrected chi connectivity index (χ2v) is 5.41. The van der Waals surface area contributed by atoms with E-state index in [1.807, 2.05) is 0 Å². The SMILES string of the molecule is FCCCCCCCCCCCCCCBr. The van der Waals surface area contributed by atoms with Crippen LogP contribution in [0.25, 0.3) is 0 Å². The summed E-state index contributed by atoms with van der Waals surface area (Å²) in [6, 6.07) is 0. The summed E-state index contributed by atoms with van der Waals surface area (Å²) in [6.45, 7) is -0.131. The lowest BCUT2D eigenvalue weighted by Gasteiger charge is -2.02. The molecular formula is C14H28BrF. The van der Waals surface area contributed by atoms with Crippen LogP contribution < -0.4 is 0 Å². The minimum absolute atomic E-state index is 0.131. The van der Waals surface area contributed by atoms with Gasteiger partial charge in [0, 0.05) is 5.33 Å². The van der Waals surface area contributed by atoms with Gasteiger partial charge in [-0.05, 0) is 12.8 Å². The van der Waals surface area contributed by atoms with Crippen LogP contribution in [0.1, 0.15) is 77.0 Å². The van der Waals surface area contributed by atoms with E-state index in [-0.39, 0.29) is 6.67 Å². The molecule has 2 heteroatoms. The average molecular weight is 295 g/mol. The highest BCUT2D eigenvalue weighted by Gasteiger charge is 1.93. The van der Waals surface area contributed by atoms with Gasteiger partial charge in [-0.15, -0.1) is 0 Å². The molecule has 0 fully saturated rings. The summed E-state index contributed by atoms with van der Waals surface area (Å²) in [7, 11) is 0. The van der Waals surface area contributed by atoms with Crippen LogP contribution in [0.5, 0.6) is 0 Å². The Bertz CT molecular complexity index is 103. The quantitative estimate of drug-likeness (QED) is 0.287. The number of unbranched alkanes of at least 4 members (excludes halogenated alkanes) is 11. The van der Waals surface area contributed by atoms with E-state index in [0.717, 1.165) is 18.2 Å². The molecule has 0 atom stereocenters. The Morgan fingerprint density at radius 1 is 0.500 bits per heavy atom. The van der Waals surface area contributed by atoms with Gasteiger partial charge in [0.1, 0.15) is 0 Å². The lowest BCUT2D eigenvalue weighted by Crippen LogP contribution is -1.83. The second-order valence-electron chi connectivity index (χ2n) is 4.62. The topological polar surface area (TPSA) is 0 Å². The molecule has 0 amide bonds. The number of hydrogen-bond acceptors (Lipinski definition) is 0. The van der Waals surface area contributed by atoms with Crippen molar-refractivity contribution in [1.82, 2.24) is 0 Å². The fraction of sp³-hybridized carbons (Fsp3) is 1.00. The molecule has 0 radical (unpaired) electrons. The molecule has 0 aromatic rings. The standard InChI is InChI=1S/C14H28BrF/c15-13-11-9-7-5-3-1-2-4-6-8-10-12-14-16/h1-14H2. The molecule has 0 nitrogen and oxygen atoms in total. The van der Waals surface area contributed by atoms with Gasteiger partial charge in [0.2, 0.25) is 0 Å². The summed E-state index contributed by atoms with van der Waals surface area (Å²) in [5, 5.41) is 1.16. The fourth-order valence-corrected chi connectivity index (χ4v) is 2.35. The zero-order valence-corrected chi connectivity index (χ0v) is 12.2. The third-order valence-electron chi connectivity index (χ3n) is 3.02. The van der Waals surface area contributed by atoms with E-state index in [4.69, 9.17) is 0 Å². The van der Waals surface area contributed by atoms with Crippen molar-refractivity contribution in [2.45, 2.75) is 77.0 Å². The van der Waals surface area contributed by atoms with Crippen LogP contribution in [0, 0.1) is 0 Å². The Morgan fingerprint density at radius 2 is 0.812 bits per heavy atom. The third kappa shape index (κ3) is 14.4. The summed E-state index contributed by atoms with van der Waals surface area (Å²) in [4.78, 5) is 0. The molecule has 0 heterocycles. The highest BCUT2D eigenvalue weighted by Crippen LogP contribution is 2.12. The van der Waals surface area contributed by atoms with Gasteiger partial charge < -0.3 is 0 Å². The van der Waals surface area contributed by atoms with E-state index in [2.05, 4.69) is 15.9 Å². The van der Waals surface area contributed by atoms with Crippen molar-refractivity contribution in [3.8, 4) is 0 Å². The van der Waals surface area contributed by atoms with Gasteiger partial charge in [0.05, 0.1) is 6.67 Å². The second kappa shape index (κ2) is 15.4. The molecule has 0 saturated heterocycles. The normalized spacial score (nSPS) is 10.9. The molecule has 0 saturated carbocycles. The summed E-state index contributed by atoms with van der Waals surface area (Å²) in [5.74, 6) is 0. The monoisotopic (exact) mass is 294 g/mol. The van der Waals surface area contributed by atoms with E-state index < -0.39 is 0 Å². The maximum atomic E-state index is 11.8. The van der Waals surface area contributed by atoms with Gasteiger partial charge >= 0.3 is 0 Å². The minimum Gasteiger partial charge on any atom is -0.251 e. The maximum Gasteiger partial charge on any atom is 0.0894 e.